The van der Waals surface area contributed by atoms with Gasteiger partial charge in [-0.05, 0) is 42.5 Å². The molecule has 0 aromatic heterocycles. The van der Waals surface area contributed by atoms with E-state index < -0.39 is 26.7 Å². The molecule has 11 heteroatoms. The first kappa shape index (κ1) is 21.2. The number of amides is 1. The number of hydrogen-bond donors (Lipinski definition) is 2. The first-order chi connectivity index (χ1) is 14.2. The van der Waals surface area contributed by atoms with Crippen LogP contribution in [0.1, 0.15) is 10.4 Å². The number of nitrogens with one attached hydrogen (secondary N) is 2. The van der Waals surface area contributed by atoms with Gasteiger partial charge in [0.05, 0.1) is 26.1 Å². The highest BCUT2D eigenvalue weighted by Crippen LogP contribution is 2.24. The van der Waals surface area contributed by atoms with E-state index in [2.05, 4.69) is 10.0 Å². The molecule has 0 bridgehead atoms. The number of anilines is 2. The van der Waals surface area contributed by atoms with Gasteiger partial charge in [-0.1, -0.05) is 23.7 Å². The highest BCUT2D eigenvalue weighted by atomic mass is 35.5. The zero-order chi connectivity index (χ0) is 21.9. The summed E-state index contributed by atoms with van der Waals surface area (Å²) in [5.74, 6) is -1.30. The summed E-state index contributed by atoms with van der Waals surface area (Å²) < 4.78 is 40.8. The zero-order valence-electron chi connectivity index (χ0n) is 15.0. The number of carbonyl (C=O) groups is 1. The minimum absolute atomic E-state index is 0.00318. The van der Waals surface area contributed by atoms with Crippen LogP contribution in [0.3, 0.4) is 0 Å². The molecule has 3 aromatic carbocycles. The number of hydrogen-bond acceptors (Lipinski definition) is 5. The van der Waals surface area contributed by atoms with Gasteiger partial charge in [-0.2, -0.15) is 0 Å². The fourth-order valence-corrected chi connectivity index (χ4v) is 3.75. The zero-order valence-corrected chi connectivity index (χ0v) is 16.6. The van der Waals surface area contributed by atoms with Crippen molar-refractivity contribution in [3.05, 3.63) is 93.2 Å². The lowest BCUT2D eigenvalue weighted by atomic mass is 10.1. The molecule has 3 rings (SSSR count). The predicted octanol–water partition coefficient (Wildman–Crippen LogP) is 4.44. The monoisotopic (exact) mass is 449 g/mol. The Balaban J connectivity index is 1.86. The fraction of sp³-hybridized carbons (Fsp3) is 0. The standard InChI is InChI=1S/C19H13ClFN3O5S/c20-16-11-12(5-10-17(16)21)22-19(25)15-3-1-2-4-18(15)23-30(28,29)14-8-6-13(7-9-14)24(26)27/h1-11,23H,(H,22,25). The van der Waals surface area contributed by atoms with Gasteiger partial charge in [0.25, 0.3) is 21.6 Å². The van der Waals surface area contributed by atoms with Crippen LogP contribution in [0.5, 0.6) is 0 Å². The SMILES string of the molecule is O=C(Nc1ccc(F)c(Cl)c1)c1ccccc1NS(=O)(=O)c1ccc([N+](=O)[O-])cc1. The van der Waals surface area contributed by atoms with Gasteiger partial charge >= 0.3 is 0 Å². The number of carbonyl (C=O) groups excluding carboxylic acids is 1. The van der Waals surface area contributed by atoms with Crippen molar-refractivity contribution in [1.82, 2.24) is 0 Å². The molecule has 3 aromatic rings. The number of rotatable bonds is 6. The molecule has 0 saturated carbocycles. The predicted molar refractivity (Wildman–Crippen MR) is 110 cm³/mol. The van der Waals surface area contributed by atoms with E-state index in [0.717, 1.165) is 30.3 Å². The Morgan fingerprint density at radius 2 is 1.70 bits per heavy atom. The molecule has 0 unspecified atom stereocenters. The fourth-order valence-electron chi connectivity index (χ4n) is 2.49. The molecule has 0 radical (unpaired) electrons. The lowest BCUT2D eigenvalue weighted by molar-refractivity contribution is -0.384. The number of non-ortho nitro benzene ring substituents is 1. The Labute approximate surface area is 175 Å². The highest BCUT2D eigenvalue weighted by Gasteiger charge is 2.20. The van der Waals surface area contributed by atoms with Crippen molar-refractivity contribution in [1.29, 1.82) is 0 Å². The molecule has 0 saturated heterocycles. The van der Waals surface area contributed by atoms with Gasteiger partial charge in [0.2, 0.25) is 0 Å². The van der Waals surface area contributed by atoms with Gasteiger partial charge in [0.15, 0.2) is 0 Å². The van der Waals surface area contributed by atoms with Crippen LogP contribution in [0.2, 0.25) is 5.02 Å². The summed E-state index contributed by atoms with van der Waals surface area (Å²) in [5.41, 5.74) is -0.0453. The third-order valence-corrected chi connectivity index (χ3v) is 5.62. The molecule has 30 heavy (non-hydrogen) atoms. The molecule has 0 spiro atoms. The first-order valence-corrected chi connectivity index (χ1v) is 10.2. The van der Waals surface area contributed by atoms with E-state index in [1.165, 1.54) is 36.4 Å². The van der Waals surface area contributed by atoms with Crippen LogP contribution in [0.15, 0.2) is 71.6 Å². The van der Waals surface area contributed by atoms with E-state index in [1.54, 1.807) is 0 Å². The van der Waals surface area contributed by atoms with Crippen LogP contribution in [-0.4, -0.2) is 19.2 Å². The van der Waals surface area contributed by atoms with Crippen LogP contribution < -0.4 is 10.0 Å². The van der Waals surface area contributed by atoms with Gasteiger partial charge in [0, 0.05) is 17.8 Å². The molecule has 154 valence electrons. The summed E-state index contributed by atoms with van der Waals surface area (Å²) in [5, 5.41) is 13.1. The molecule has 0 fully saturated rings. The van der Waals surface area contributed by atoms with E-state index in [-0.39, 0.29) is 32.5 Å². The molecular weight excluding hydrogens is 437 g/mol. The molecule has 0 aliphatic heterocycles. The lowest BCUT2D eigenvalue weighted by Crippen LogP contribution is -2.18. The molecule has 8 nitrogen and oxygen atoms in total. The summed E-state index contributed by atoms with van der Waals surface area (Å²) in [4.78, 5) is 22.5. The molecule has 0 aliphatic carbocycles. The molecule has 1 amide bonds. The minimum Gasteiger partial charge on any atom is -0.322 e. The molecule has 0 aliphatic rings. The molecule has 2 N–H and O–H groups in total. The Kier molecular flexibility index (Phi) is 5.99. The summed E-state index contributed by atoms with van der Waals surface area (Å²) in [6.45, 7) is 0. The second-order valence-electron chi connectivity index (χ2n) is 5.99. The molecular formula is C19H13ClFN3O5S. The van der Waals surface area contributed by atoms with Gasteiger partial charge in [-0.25, -0.2) is 12.8 Å². The maximum Gasteiger partial charge on any atom is 0.269 e. The third-order valence-electron chi connectivity index (χ3n) is 3.95. The average molecular weight is 450 g/mol. The second kappa shape index (κ2) is 8.47. The maximum absolute atomic E-state index is 13.3. The van der Waals surface area contributed by atoms with E-state index >= 15 is 0 Å². The van der Waals surface area contributed by atoms with Gasteiger partial charge < -0.3 is 5.32 Å². The highest BCUT2D eigenvalue weighted by molar-refractivity contribution is 7.92. The summed E-state index contributed by atoms with van der Waals surface area (Å²) in [6, 6.07) is 13.8. The summed E-state index contributed by atoms with van der Waals surface area (Å²) >= 11 is 5.70. The smallest absolute Gasteiger partial charge is 0.269 e. The van der Waals surface area contributed by atoms with E-state index in [1.807, 2.05) is 0 Å². The first-order valence-electron chi connectivity index (χ1n) is 8.30. The van der Waals surface area contributed by atoms with Crippen LogP contribution in [-0.2, 0) is 10.0 Å². The Bertz CT molecular complexity index is 1230. The number of benzene rings is 3. The average Bonchev–Trinajstić information content (AvgIpc) is 2.71. The summed E-state index contributed by atoms with van der Waals surface area (Å²) in [6.07, 6.45) is 0. The lowest BCUT2D eigenvalue weighted by Gasteiger charge is -2.13. The van der Waals surface area contributed by atoms with E-state index in [4.69, 9.17) is 11.6 Å². The third kappa shape index (κ3) is 4.73. The normalized spacial score (nSPS) is 11.0. The van der Waals surface area contributed by atoms with Gasteiger partial charge in [0.1, 0.15) is 5.82 Å². The van der Waals surface area contributed by atoms with Crippen molar-refractivity contribution < 1.29 is 22.5 Å². The number of nitro benzene ring substituents is 1. The van der Waals surface area contributed by atoms with Crippen LogP contribution in [0.4, 0.5) is 21.5 Å². The summed E-state index contributed by atoms with van der Waals surface area (Å²) in [7, 11) is -4.12. The van der Waals surface area contributed by atoms with Crippen LogP contribution in [0, 0.1) is 15.9 Å². The van der Waals surface area contributed by atoms with Crippen molar-refractivity contribution >= 4 is 44.6 Å². The van der Waals surface area contributed by atoms with Crippen molar-refractivity contribution in [3.63, 3.8) is 0 Å². The Hall–Kier alpha value is -3.50. The minimum atomic E-state index is -4.12. The number of nitro groups is 1. The van der Waals surface area contributed by atoms with E-state index in [0.29, 0.717) is 0 Å². The van der Waals surface area contributed by atoms with E-state index in [9.17, 15) is 27.7 Å². The van der Waals surface area contributed by atoms with Crippen molar-refractivity contribution in [2.75, 3.05) is 10.0 Å². The van der Waals surface area contributed by atoms with Crippen molar-refractivity contribution in [2.24, 2.45) is 0 Å². The van der Waals surface area contributed by atoms with Crippen molar-refractivity contribution in [3.8, 4) is 0 Å². The van der Waals surface area contributed by atoms with Crippen molar-refractivity contribution in [2.45, 2.75) is 4.90 Å². The largest absolute Gasteiger partial charge is 0.322 e. The van der Waals surface area contributed by atoms with Crippen LogP contribution in [0.25, 0.3) is 0 Å². The Morgan fingerprint density at radius 3 is 2.33 bits per heavy atom. The number of para-hydroxylation sites is 1. The quantitative estimate of drug-likeness (QED) is 0.426. The number of sulfonamides is 1. The topological polar surface area (TPSA) is 118 Å². The maximum atomic E-state index is 13.3. The number of nitrogens with zero attached hydrogens (tertiary/aromatic N) is 1. The van der Waals surface area contributed by atoms with Crippen LogP contribution >= 0.6 is 11.6 Å². The second-order valence-corrected chi connectivity index (χ2v) is 8.07. The molecule has 0 atom stereocenters. The van der Waals surface area contributed by atoms with Gasteiger partial charge in [-0.15, -0.1) is 0 Å². The van der Waals surface area contributed by atoms with Gasteiger partial charge in [-0.3, -0.25) is 19.6 Å². The number of halogens is 2. The molecule has 0 heterocycles. The Morgan fingerprint density at radius 1 is 1.03 bits per heavy atom.